The molecule has 0 aliphatic heterocycles. The molecule has 0 bridgehead atoms. The van der Waals surface area contributed by atoms with Crippen LogP contribution in [0, 0.1) is 13.8 Å². The van der Waals surface area contributed by atoms with Gasteiger partial charge in [-0.2, -0.15) is 0 Å². The first kappa shape index (κ1) is 11.3. The maximum atomic E-state index is 10.4. The summed E-state index contributed by atoms with van der Waals surface area (Å²) in [5, 5.41) is 8.57. The molecule has 1 rings (SSSR count). The molecule has 3 nitrogen and oxygen atoms in total. The van der Waals surface area contributed by atoms with E-state index >= 15 is 0 Å². The van der Waals surface area contributed by atoms with E-state index in [0.29, 0.717) is 5.75 Å². The number of aliphatic carboxylic acids is 1. The van der Waals surface area contributed by atoms with E-state index < -0.39 is 5.97 Å². The summed E-state index contributed by atoms with van der Waals surface area (Å²) < 4.78 is 5.17. The van der Waals surface area contributed by atoms with Crippen LogP contribution >= 0.6 is 0 Å². The molecule has 0 amide bonds. The highest BCUT2D eigenvalue weighted by atomic mass is 16.5. The maximum absolute atomic E-state index is 10.4. The predicted octanol–water partition coefficient (Wildman–Crippen LogP) is 2.41. The fourth-order valence-corrected chi connectivity index (χ4v) is 1.35. The first-order chi connectivity index (χ1) is 7.06. The molecule has 0 radical (unpaired) electrons. The van der Waals surface area contributed by atoms with Crippen LogP contribution in [-0.4, -0.2) is 18.2 Å². The molecular formula is C12H14O3. The van der Waals surface area contributed by atoms with E-state index in [9.17, 15) is 4.79 Å². The van der Waals surface area contributed by atoms with Crippen molar-refractivity contribution < 1.29 is 14.6 Å². The monoisotopic (exact) mass is 206 g/mol. The minimum absolute atomic E-state index is 0.690. The van der Waals surface area contributed by atoms with Crippen molar-refractivity contribution in [2.45, 2.75) is 13.8 Å². The van der Waals surface area contributed by atoms with E-state index in [1.54, 1.807) is 13.2 Å². The SMILES string of the molecule is COc1ccc(C)c(C)c1/C=C/C(=O)O. The molecule has 1 N–H and O–H groups in total. The summed E-state index contributed by atoms with van der Waals surface area (Å²) in [5.74, 6) is -0.270. The zero-order valence-electron chi connectivity index (χ0n) is 9.07. The Balaban J connectivity index is 3.23. The largest absolute Gasteiger partial charge is 0.496 e. The lowest BCUT2D eigenvalue weighted by molar-refractivity contribution is -0.131. The zero-order valence-corrected chi connectivity index (χ0v) is 9.07. The molecule has 0 saturated heterocycles. The third-order valence-corrected chi connectivity index (χ3v) is 2.36. The third kappa shape index (κ3) is 2.59. The Labute approximate surface area is 89.0 Å². The fourth-order valence-electron chi connectivity index (χ4n) is 1.35. The predicted molar refractivity (Wildman–Crippen MR) is 59.1 cm³/mol. The van der Waals surface area contributed by atoms with Crippen molar-refractivity contribution >= 4 is 12.0 Å². The molecule has 1 aromatic carbocycles. The van der Waals surface area contributed by atoms with E-state index in [2.05, 4.69) is 0 Å². The lowest BCUT2D eigenvalue weighted by atomic mass is 10.0. The van der Waals surface area contributed by atoms with Gasteiger partial charge in [-0.25, -0.2) is 4.79 Å². The summed E-state index contributed by atoms with van der Waals surface area (Å²) in [6.07, 6.45) is 2.67. The first-order valence-electron chi connectivity index (χ1n) is 4.61. The Morgan fingerprint density at radius 2 is 2.07 bits per heavy atom. The molecule has 0 heterocycles. The first-order valence-corrected chi connectivity index (χ1v) is 4.61. The van der Waals surface area contributed by atoms with Crippen LogP contribution in [-0.2, 0) is 4.79 Å². The Morgan fingerprint density at radius 1 is 1.40 bits per heavy atom. The average molecular weight is 206 g/mol. The molecule has 0 saturated carbocycles. The summed E-state index contributed by atoms with van der Waals surface area (Å²) in [6.45, 7) is 3.92. The van der Waals surface area contributed by atoms with Gasteiger partial charge in [0.2, 0.25) is 0 Å². The quantitative estimate of drug-likeness (QED) is 0.772. The smallest absolute Gasteiger partial charge is 0.328 e. The maximum Gasteiger partial charge on any atom is 0.328 e. The van der Waals surface area contributed by atoms with Crippen LogP contribution in [0.2, 0.25) is 0 Å². The number of carboxylic acids is 1. The second-order valence-corrected chi connectivity index (χ2v) is 3.29. The minimum atomic E-state index is -0.960. The second-order valence-electron chi connectivity index (χ2n) is 3.29. The minimum Gasteiger partial charge on any atom is -0.496 e. The molecule has 1 aromatic rings. The molecule has 0 aromatic heterocycles. The van der Waals surface area contributed by atoms with Crippen molar-refractivity contribution in [2.24, 2.45) is 0 Å². The van der Waals surface area contributed by atoms with Crippen molar-refractivity contribution in [1.82, 2.24) is 0 Å². The number of hydrogen-bond acceptors (Lipinski definition) is 2. The molecule has 3 heteroatoms. The summed E-state index contributed by atoms with van der Waals surface area (Å²) in [5.41, 5.74) is 2.97. The van der Waals surface area contributed by atoms with Gasteiger partial charge in [0.1, 0.15) is 5.75 Å². The van der Waals surface area contributed by atoms with Crippen LogP contribution in [0.1, 0.15) is 16.7 Å². The van der Waals surface area contributed by atoms with E-state index in [4.69, 9.17) is 9.84 Å². The van der Waals surface area contributed by atoms with Gasteiger partial charge in [0.25, 0.3) is 0 Å². The van der Waals surface area contributed by atoms with Crippen LogP contribution in [0.4, 0.5) is 0 Å². The van der Waals surface area contributed by atoms with E-state index in [0.717, 1.165) is 22.8 Å². The van der Waals surface area contributed by atoms with Crippen molar-refractivity contribution in [3.8, 4) is 5.75 Å². The van der Waals surface area contributed by atoms with Crippen molar-refractivity contribution in [1.29, 1.82) is 0 Å². The van der Waals surface area contributed by atoms with Gasteiger partial charge in [0, 0.05) is 11.6 Å². The summed E-state index contributed by atoms with van der Waals surface area (Å²) >= 11 is 0. The van der Waals surface area contributed by atoms with Gasteiger partial charge in [-0.1, -0.05) is 6.07 Å². The van der Waals surface area contributed by atoms with E-state index in [1.807, 2.05) is 26.0 Å². The standard InChI is InChI=1S/C12H14O3/c1-8-4-6-11(15-3)10(9(8)2)5-7-12(13)14/h4-7H,1-3H3,(H,13,14)/b7-5+. The topological polar surface area (TPSA) is 46.5 Å². The average Bonchev–Trinajstić information content (AvgIpc) is 2.20. The Kier molecular flexibility index (Phi) is 3.50. The fraction of sp³-hybridized carbons (Fsp3) is 0.250. The van der Waals surface area contributed by atoms with Gasteiger partial charge < -0.3 is 9.84 Å². The molecule has 0 aliphatic carbocycles. The van der Waals surface area contributed by atoms with Crippen molar-refractivity contribution in [2.75, 3.05) is 7.11 Å². The van der Waals surface area contributed by atoms with Gasteiger partial charge in [-0.05, 0) is 37.1 Å². The molecule has 0 atom stereocenters. The van der Waals surface area contributed by atoms with Gasteiger partial charge >= 0.3 is 5.97 Å². The van der Waals surface area contributed by atoms with E-state index in [1.165, 1.54) is 0 Å². The molecule has 0 fully saturated rings. The summed E-state index contributed by atoms with van der Waals surface area (Å²) in [4.78, 5) is 10.4. The number of carbonyl (C=O) groups is 1. The molecule has 0 unspecified atom stereocenters. The van der Waals surface area contributed by atoms with Crippen molar-refractivity contribution in [3.05, 3.63) is 34.9 Å². The molecule has 80 valence electrons. The lowest BCUT2D eigenvalue weighted by Crippen LogP contribution is -1.94. The van der Waals surface area contributed by atoms with Gasteiger partial charge in [0.15, 0.2) is 0 Å². The molecule has 0 spiro atoms. The highest BCUT2D eigenvalue weighted by molar-refractivity contribution is 5.86. The van der Waals surface area contributed by atoms with Crippen LogP contribution in [0.15, 0.2) is 18.2 Å². The normalized spacial score (nSPS) is 10.6. The number of aryl methyl sites for hydroxylation is 1. The zero-order chi connectivity index (χ0) is 11.4. The molecular weight excluding hydrogens is 192 g/mol. The Hall–Kier alpha value is -1.77. The number of methoxy groups -OCH3 is 1. The lowest BCUT2D eigenvalue weighted by Gasteiger charge is -2.10. The van der Waals surface area contributed by atoms with Crippen LogP contribution < -0.4 is 4.74 Å². The summed E-state index contributed by atoms with van der Waals surface area (Å²) in [6, 6.07) is 3.79. The number of hydrogen-bond donors (Lipinski definition) is 1. The third-order valence-electron chi connectivity index (χ3n) is 2.36. The van der Waals surface area contributed by atoms with Gasteiger partial charge in [-0.15, -0.1) is 0 Å². The van der Waals surface area contributed by atoms with E-state index in [-0.39, 0.29) is 0 Å². The number of carboxylic acid groups (broad SMARTS) is 1. The number of rotatable bonds is 3. The molecule has 15 heavy (non-hydrogen) atoms. The van der Waals surface area contributed by atoms with Gasteiger partial charge in [-0.3, -0.25) is 0 Å². The van der Waals surface area contributed by atoms with Crippen LogP contribution in [0.3, 0.4) is 0 Å². The Morgan fingerprint density at radius 3 is 2.60 bits per heavy atom. The highest BCUT2D eigenvalue weighted by Gasteiger charge is 2.05. The number of ether oxygens (including phenoxy) is 1. The second kappa shape index (κ2) is 4.64. The van der Waals surface area contributed by atoms with Gasteiger partial charge in [0.05, 0.1) is 7.11 Å². The molecule has 0 aliphatic rings. The Bertz CT molecular complexity index is 406. The van der Waals surface area contributed by atoms with Crippen LogP contribution in [0.5, 0.6) is 5.75 Å². The summed E-state index contributed by atoms with van der Waals surface area (Å²) in [7, 11) is 1.57. The van der Waals surface area contributed by atoms with Crippen LogP contribution in [0.25, 0.3) is 6.08 Å². The number of benzene rings is 1. The van der Waals surface area contributed by atoms with Crippen molar-refractivity contribution in [3.63, 3.8) is 0 Å². The highest BCUT2D eigenvalue weighted by Crippen LogP contribution is 2.25.